The van der Waals surface area contributed by atoms with Gasteiger partial charge in [-0.3, -0.25) is 0 Å². The molecule has 0 aliphatic rings. The van der Waals surface area contributed by atoms with E-state index in [1.54, 1.807) is 0 Å². The third kappa shape index (κ3) is 3.20. The van der Waals surface area contributed by atoms with E-state index in [0.717, 1.165) is 0 Å². The van der Waals surface area contributed by atoms with Crippen LogP contribution in [0.25, 0.3) is 129 Å². The summed E-state index contributed by atoms with van der Waals surface area (Å²) < 4.78 is 0. The third-order valence-corrected chi connectivity index (χ3v) is 12.4. The first kappa shape index (κ1) is 30.2. The van der Waals surface area contributed by atoms with Gasteiger partial charge < -0.3 is 0 Å². The van der Waals surface area contributed by atoms with Crippen LogP contribution in [-0.4, -0.2) is 0 Å². The number of benzene rings is 13. The van der Waals surface area contributed by atoms with Crippen molar-refractivity contribution in [3.63, 3.8) is 0 Å². The molecule has 0 saturated carbocycles. The Morgan fingerprint density at radius 1 is 0.173 bits per heavy atom. The maximum Gasteiger partial charge on any atom is -0.0000473 e. The topological polar surface area (TPSA) is 0 Å². The first-order valence-electron chi connectivity index (χ1n) is 19.4. The molecule has 0 bridgehead atoms. The predicted molar refractivity (Wildman–Crippen MR) is 235 cm³/mol. The zero-order valence-corrected chi connectivity index (χ0v) is 31.9. The zero-order chi connectivity index (χ0) is 35.8. The molecular formula is C52H42. The van der Waals surface area contributed by atoms with Crippen molar-refractivity contribution in [2.75, 3.05) is 0 Å². The Hall–Kier alpha value is -5.46. The van der Waals surface area contributed by atoms with E-state index >= 15 is 0 Å². The first-order valence-corrected chi connectivity index (χ1v) is 19.4. The summed E-state index contributed by atoms with van der Waals surface area (Å²) in [6, 6.07) is 29.8. The van der Waals surface area contributed by atoms with Crippen molar-refractivity contribution in [1.82, 2.24) is 0 Å². The van der Waals surface area contributed by atoms with Gasteiger partial charge >= 0.3 is 0 Å². The molecule has 0 aliphatic heterocycles. The Morgan fingerprint density at radius 2 is 0.269 bits per heavy atom. The highest BCUT2D eigenvalue weighted by Crippen LogP contribution is 2.60. The largest absolute Gasteiger partial charge is 0.0683 e. The Bertz CT molecular complexity index is 2770. The quantitative estimate of drug-likeness (QED) is 0.112. The minimum Gasteiger partial charge on any atom is -0.0683 e. The molecule has 0 spiro atoms. The molecule has 0 unspecified atom stereocenters. The molecule has 0 aliphatic carbocycles. The molecular weight excluding hydrogens is 625 g/mol. The molecule has 13 rings (SSSR count). The first-order chi connectivity index (χ1) is 25.3. The summed E-state index contributed by atoms with van der Waals surface area (Å²) in [6.45, 7) is 21.7. The van der Waals surface area contributed by atoms with Crippen LogP contribution in [0.1, 0.15) is 61.1 Å². The van der Waals surface area contributed by atoms with Gasteiger partial charge in [0.15, 0.2) is 0 Å². The van der Waals surface area contributed by atoms with Gasteiger partial charge in [-0.2, -0.15) is 0 Å². The van der Waals surface area contributed by atoms with Crippen molar-refractivity contribution in [2.45, 2.75) is 69.2 Å². The lowest BCUT2D eigenvalue weighted by molar-refractivity contribution is 1.50. The van der Waals surface area contributed by atoms with Gasteiger partial charge in [0.05, 0.1) is 0 Å². The van der Waals surface area contributed by atoms with E-state index < -0.39 is 0 Å². The Kier molecular flexibility index (Phi) is 5.63. The molecule has 13 aromatic rings. The van der Waals surface area contributed by atoms with Crippen molar-refractivity contribution < 1.29 is 0 Å². The highest BCUT2D eigenvalue weighted by molar-refractivity contribution is 6.61. The van der Waals surface area contributed by atoms with Crippen LogP contribution < -0.4 is 0 Å². The molecule has 0 atom stereocenters. The van der Waals surface area contributed by atoms with E-state index in [9.17, 15) is 0 Å². The standard InChI is InChI=1S/C48H30.2C2H6/c1-19-7-25-27-9-20(2)11-29-31-13-22(4)15-33-35-17-24(6)18-36-34-16-23(5)14-32-30-12-21(3)10-28-26(8-19)37(25)43-44(38(27)29)46(40(31)33)48(42(35)36)47(41(32)34)45(43)39(28)30;2*1-2/h7-18H,1-6H3;2*1-2H3. The van der Waals surface area contributed by atoms with E-state index in [4.69, 9.17) is 0 Å². The zero-order valence-electron chi connectivity index (χ0n) is 31.9. The average Bonchev–Trinajstić information content (AvgIpc) is 3.13. The number of fused-ring (bicyclic) bond motifs is 6. The number of hydrogen-bond acceptors (Lipinski definition) is 0. The predicted octanol–water partition coefficient (Wildman–Crippen LogP) is 16.1. The molecule has 0 amide bonds. The molecule has 0 fully saturated rings. The van der Waals surface area contributed by atoms with Gasteiger partial charge in [-0.15, -0.1) is 0 Å². The van der Waals surface area contributed by atoms with Crippen molar-refractivity contribution >= 4 is 129 Å². The molecule has 250 valence electrons. The fourth-order valence-corrected chi connectivity index (χ4v) is 11.1. The fourth-order valence-electron chi connectivity index (χ4n) is 11.1. The second kappa shape index (κ2) is 9.69. The molecule has 0 saturated heterocycles. The van der Waals surface area contributed by atoms with Crippen LogP contribution in [0.15, 0.2) is 72.8 Å². The summed E-state index contributed by atoms with van der Waals surface area (Å²) in [5.41, 5.74) is 7.99. The fraction of sp³-hybridized carbons (Fsp3) is 0.192. The van der Waals surface area contributed by atoms with E-state index in [0.29, 0.717) is 0 Å². The summed E-state index contributed by atoms with van der Waals surface area (Å²) in [7, 11) is 0. The van der Waals surface area contributed by atoms with Crippen LogP contribution in [0.4, 0.5) is 0 Å². The summed E-state index contributed by atoms with van der Waals surface area (Å²) in [5, 5.41) is 34.5. The molecule has 52 heavy (non-hydrogen) atoms. The maximum absolute atomic E-state index is 2.48. The normalized spacial score (nSPS) is 12.8. The van der Waals surface area contributed by atoms with Gasteiger partial charge in [0, 0.05) is 0 Å². The minimum absolute atomic E-state index is 1.33. The molecule has 13 aromatic carbocycles. The van der Waals surface area contributed by atoms with Gasteiger partial charge in [0.2, 0.25) is 0 Å². The SMILES string of the molecule is CC.CC.Cc1cc2c3cc(C)cc4c5cc(C)cc6c7cc(C)cc8c9cc(C)cc%10c%11cc(C)cc%12c(c1)c2c1c(c34)c(c56)c(c78)c(c%109)c1c%12%11. The monoisotopic (exact) mass is 666 g/mol. The minimum atomic E-state index is 1.33. The van der Waals surface area contributed by atoms with Gasteiger partial charge in [-0.1, -0.05) is 100 Å². The van der Waals surface area contributed by atoms with E-state index in [1.807, 2.05) is 27.7 Å². The molecule has 0 heterocycles. The summed E-state index contributed by atoms with van der Waals surface area (Å²) in [5.74, 6) is 0. The van der Waals surface area contributed by atoms with Crippen LogP contribution in [-0.2, 0) is 0 Å². The summed E-state index contributed by atoms with van der Waals surface area (Å²) >= 11 is 0. The highest BCUT2D eigenvalue weighted by atomic mass is 14.3. The smallest absolute Gasteiger partial charge is 0.0000473 e. The van der Waals surface area contributed by atoms with Crippen LogP contribution in [0, 0.1) is 41.5 Å². The van der Waals surface area contributed by atoms with Crippen molar-refractivity contribution in [1.29, 1.82) is 0 Å². The second-order valence-electron chi connectivity index (χ2n) is 15.7. The summed E-state index contributed by atoms with van der Waals surface area (Å²) in [6.07, 6.45) is 0. The number of aryl methyl sites for hydroxylation is 6. The third-order valence-electron chi connectivity index (χ3n) is 12.4. The second-order valence-corrected chi connectivity index (χ2v) is 15.7. The molecule has 0 N–H and O–H groups in total. The lowest BCUT2D eigenvalue weighted by atomic mass is 9.72. The molecule has 0 nitrogen and oxygen atoms in total. The van der Waals surface area contributed by atoms with Gasteiger partial charge in [-0.05, 0) is 204 Å². The van der Waals surface area contributed by atoms with Crippen molar-refractivity contribution in [2.24, 2.45) is 0 Å². The van der Waals surface area contributed by atoms with Crippen LogP contribution >= 0.6 is 0 Å². The van der Waals surface area contributed by atoms with E-state index in [-0.39, 0.29) is 0 Å². The number of rotatable bonds is 0. The summed E-state index contributed by atoms with van der Waals surface area (Å²) in [4.78, 5) is 0. The average molecular weight is 667 g/mol. The lowest BCUT2D eigenvalue weighted by Crippen LogP contribution is -2.01. The van der Waals surface area contributed by atoms with Gasteiger partial charge in [0.25, 0.3) is 0 Å². The van der Waals surface area contributed by atoms with Crippen LogP contribution in [0.5, 0.6) is 0 Å². The van der Waals surface area contributed by atoms with Crippen LogP contribution in [0.3, 0.4) is 0 Å². The van der Waals surface area contributed by atoms with Crippen molar-refractivity contribution in [3.8, 4) is 0 Å². The molecule has 0 heteroatoms. The Balaban J connectivity index is 0.000000777. The molecule has 0 radical (unpaired) electrons. The van der Waals surface area contributed by atoms with Crippen LogP contribution in [0.2, 0.25) is 0 Å². The lowest BCUT2D eigenvalue weighted by Gasteiger charge is -2.30. The number of hydrogen-bond donors (Lipinski definition) is 0. The highest BCUT2D eigenvalue weighted by Gasteiger charge is 2.31. The Labute approximate surface area is 303 Å². The van der Waals surface area contributed by atoms with Gasteiger partial charge in [-0.25, -0.2) is 0 Å². The maximum atomic E-state index is 2.48. The molecule has 0 aromatic heterocycles. The van der Waals surface area contributed by atoms with E-state index in [2.05, 4.69) is 114 Å². The van der Waals surface area contributed by atoms with Gasteiger partial charge in [0.1, 0.15) is 0 Å². The van der Waals surface area contributed by atoms with E-state index in [1.165, 1.54) is 163 Å². The van der Waals surface area contributed by atoms with Crippen molar-refractivity contribution in [3.05, 3.63) is 106 Å². The Morgan fingerprint density at radius 3 is 0.365 bits per heavy atom.